The molecule has 0 saturated heterocycles. The third-order valence-electron chi connectivity index (χ3n) is 11.5. The van der Waals surface area contributed by atoms with Crippen molar-refractivity contribution in [1.29, 1.82) is 0 Å². The van der Waals surface area contributed by atoms with Gasteiger partial charge in [0, 0.05) is 43.7 Å². The fourth-order valence-electron chi connectivity index (χ4n) is 9.03. The molecule has 0 aliphatic rings. The minimum Gasteiger partial charge on any atom is -0.309 e. The van der Waals surface area contributed by atoms with Gasteiger partial charge in [0.2, 0.25) is 0 Å². The molecule has 0 unspecified atom stereocenters. The molecule has 0 aliphatic carbocycles. The molecule has 12 rings (SSSR count). The maximum absolute atomic E-state index is 5.31. The van der Waals surface area contributed by atoms with E-state index < -0.39 is 0 Å². The van der Waals surface area contributed by atoms with Gasteiger partial charge < -0.3 is 9.13 Å². The van der Waals surface area contributed by atoms with Crippen LogP contribution in [0.5, 0.6) is 0 Å². The summed E-state index contributed by atoms with van der Waals surface area (Å²) in [6.07, 6.45) is 0. The molecule has 56 heavy (non-hydrogen) atoms. The van der Waals surface area contributed by atoms with E-state index in [0.29, 0.717) is 0 Å². The van der Waals surface area contributed by atoms with E-state index in [1.54, 1.807) is 0 Å². The molecule has 0 atom stereocenters. The highest BCUT2D eigenvalue weighted by Crippen LogP contribution is 2.44. The fraction of sp³-hybridized carbons (Fsp3) is 0. The summed E-state index contributed by atoms with van der Waals surface area (Å²) in [5.74, 6) is 0. The van der Waals surface area contributed by atoms with E-state index in [4.69, 9.17) is 9.97 Å². The second-order valence-electron chi connectivity index (χ2n) is 14.5. The number of benzene rings is 9. The van der Waals surface area contributed by atoms with E-state index in [1.807, 2.05) is 30.3 Å². The molecular formula is C52H32N4. The summed E-state index contributed by atoms with van der Waals surface area (Å²) in [4.78, 5) is 10.5. The zero-order chi connectivity index (χ0) is 36.7. The molecule has 0 bridgehead atoms. The second-order valence-corrected chi connectivity index (χ2v) is 14.5. The van der Waals surface area contributed by atoms with Gasteiger partial charge >= 0.3 is 0 Å². The van der Waals surface area contributed by atoms with E-state index in [1.165, 1.54) is 48.9 Å². The van der Waals surface area contributed by atoms with E-state index in [-0.39, 0.29) is 0 Å². The Hall–Kier alpha value is -7.56. The molecule has 9 aromatic carbocycles. The topological polar surface area (TPSA) is 35.6 Å². The van der Waals surface area contributed by atoms with Crippen LogP contribution in [0.4, 0.5) is 0 Å². The van der Waals surface area contributed by atoms with Gasteiger partial charge in [0.05, 0.1) is 50.2 Å². The van der Waals surface area contributed by atoms with Crippen LogP contribution in [0.25, 0.3) is 110 Å². The molecule has 0 spiro atoms. The van der Waals surface area contributed by atoms with Crippen LogP contribution in [0.2, 0.25) is 0 Å². The maximum Gasteiger partial charge on any atom is 0.0979 e. The molecular weight excluding hydrogens is 681 g/mol. The number of fused-ring (bicyclic) bond motifs is 10. The van der Waals surface area contributed by atoms with Crippen molar-refractivity contribution in [2.45, 2.75) is 0 Å². The quantitative estimate of drug-likeness (QED) is 0.182. The molecule has 3 heterocycles. The Morgan fingerprint density at radius 1 is 0.339 bits per heavy atom. The molecule has 0 aliphatic heterocycles. The highest BCUT2D eigenvalue weighted by Gasteiger charge is 2.22. The third kappa shape index (κ3) is 4.47. The molecule has 4 nitrogen and oxygen atoms in total. The number of aromatic nitrogens is 4. The summed E-state index contributed by atoms with van der Waals surface area (Å²) in [7, 11) is 0. The average Bonchev–Trinajstić information content (AvgIpc) is 3.77. The second kappa shape index (κ2) is 12.0. The van der Waals surface area contributed by atoms with Crippen molar-refractivity contribution >= 4 is 76.2 Å². The first-order valence-corrected chi connectivity index (χ1v) is 19.1. The molecule has 0 amide bonds. The van der Waals surface area contributed by atoms with Crippen LogP contribution in [0.3, 0.4) is 0 Å². The number of hydrogen-bond acceptors (Lipinski definition) is 2. The van der Waals surface area contributed by atoms with Crippen molar-refractivity contribution in [2.75, 3.05) is 0 Å². The third-order valence-corrected chi connectivity index (χ3v) is 11.5. The summed E-state index contributed by atoms with van der Waals surface area (Å²) >= 11 is 0. The van der Waals surface area contributed by atoms with Crippen molar-refractivity contribution in [3.05, 3.63) is 194 Å². The SMILES string of the molecule is c1ccc(-c2nc3ccccc3nc2-c2ccc(-n3c4ccccc4c4cc5c6c7ccccc7ccc6n(-c6ccccc6)c5cc43)c3ccccc23)cc1. The standard InChI is InChI=1S/C52H32N4/c1-3-16-34(17-4-1)51-52(54-44-25-13-12-24-43(44)53-51)40-28-30-46(38-22-10-9-21-37(38)40)56-45-26-14-11-23-39(45)41-31-42-49(32-48(41)56)55(35-18-5-2-6-19-35)47-29-27-33-15-7-8-20-36(33)50(42)47/h1-32H. The van der Waals surface area contributed by atoms with Crippen LogP contribution in [0.1, 0.15) is 0 Å². The Bertz CT molecular complexity index is 3520. The zero-order valence-corrected chi connectivity index (χ0v) is 30.3. The van der Waals surface area contributed by atoms with Gasteiger partial charge in [0.1, 0.15) is 0 Å². The first kappa shape index (κ1) is 30.9. The fourth-order valence-corrected chi connectivity index (χ4v) is 9.03. The van der Waals surface area contributed by atoms with Crippen molar-refractivity contribution in [2.24, 2.45) is 0 Å². The molecule has 4 heteroatoms. The number of hydrogen-bond donors (Lipinski definition) is 0. The predicted molar refractivity (Wildman–Crippen MR) is 234 cm³/mol. The van der Waals surface area contributed by atoms with Crippen LogP contribution >= 0.6 is 0 Å². The van der Waals surface area contributed by atoms with Crippen LogP contribution in [-0.4, -0.2) is 19.1 Å². The highest BCUT2D eigenvalue weighted by atomic mass is 15.0. The van der Waals surface area contributed by atoms with Gasteiger partial charge in [-0.15, -0.1) is 0 Å². The summed E-state index contributed by atoms with van der Waals surface area (Å²) < 4.78 is 4.90. The molecule has 0 radical (unpaired) electrons. The number of rotatable bonds is 4. The maximum atomic E-state index is 5.31. The average molecular weight is 713 g/mol. The Morgan fingerprint density at radius 3 is 1.77 bits per heavy atom. The van der Waals surface area contributed by atoms with Gasteiger partial charge in [-0.05, 0) is 76.8 Å². The van der Waals surface area contributed by atoms with Crippen LogP contribution in [0.15, 0.2) is 194 Å². The van der Waals surface area contributed by atoms with E-state index in [0.717, 1.165) is 61.2 Å². The van der Waals surface area contributed by atoms with E-state index >= 15 is 0 Å². The lowest BCUT2D eigenvalue weighted by atomic mass is 9.96. The van der Waals surface area contributed by atoms with Gasteiger partial charge in [-0.1, -0.05) is 133 Å². The largest absolute Gasteiger partial charge is 0.309 e. The van der Waals surface area contributed by atoms with E-state index in [9.17, 15) is 0 Å². The normalized spacial score (nSPS) is 11.9. The Balaban J connectivity index is 1.18. The number of para-hydroxylation sites is 4. The van der Waals surface area contributed by atoms with Crippen molar-refractivity contribution in [3.8, 4) is 33.9 Å². The first-order valence-electron chi connectivity index (χ1n) is 19.1. The van der Waals surface area contributed by atoms with Gasteiger partial charge in [0.15, 0.2) is 0 Å². The molecule has 12 aromatic rings. The summed E-state index contributed by atoms with van der Waals surface area (Å²) in [6, 6.07) is 69.5. The Morgan fingerprint density at radius 2 is 0.964 bits per heavy atom. The summed E-state index contributed by atoms with van der Waals surface area (Å²) in [6.45, 7) is 0. The minimum atomic E-state index is 0.876. The van der Waals surface area contributed by atoms with Crippen LogP contribution in [-0.2, 0) is 0 Å². The smallest absolute Gasteiger partial charge is 0.0979 e. The summed E-state index contributed by atoms with van der Waals surface area (Å²) in [5.41, 5.74) is 12.6. The lowest BCUT2D eigenvalue weighted by Crippen LogP contribution is -1.99. The number of nitrogens with zero attached hydrogens (tertiary/aromatic N) is 4. The lowest BCUT2D eigenvalue weighted by Gasteiger charge is -2.16. The Kier molecular flexibility index (Phi) is 6.60. The van der Waals surface area contributed by atoms with Crippen molar-refractivity contribution < 1.29 is 0 Å². The van der Waals surface area contributed by atoms with Gasteiger partial charge in [0.25, 0.3) is 0 Å². The molecule has 0 N–H and O–H groups in total. The van der Waals surface area contributed by atoms with E-state index in [2.05, 4.69) is 173 Å². The first-order chi connectivity index (χ1) is 27.8. The van der Waals surface area contributed by atoms with Gasteiger partial charge in [-0.2, -0.15) is 0 Å². The molecule has 260 valence electrons. The molecule has 0 saturated carbocycles. The Labute approximate surface area is 322 Å². The van der Waals surface area contributed by atoms with Gasteiger partial charge in [-0.3, -0.25) is 0 Å². The molecule has 3 aromatic heterocycles. The predicted octanol–water partition coefficient (Wildman–Crippen LogP) is 13.5. The molecule has 0 fully saturated rings. The van der Waals surface area contributed by atoms with Crippen LogP contribution in [0, 0.1) is 0 Å². The highest BCUT2D eigenvalue weighted by molar-refractivity contribution is 6.25. The van der Waals surface area contributed by atoms with Crippen molar-refractivity contribution in [3.63, 3.8) is 0 Å². The van der Waals surface area contributed by atoms with Gasteiger partial charge in [-0.25, -0.2) is 9.97 Å². The monoisotopic (exact) mass is 712 g/mol. The zero-order valence-electron chi connectivity index (χ0n) is 30.3. The minimum absolute atomic E-state index is 0.876. The lowest BCUT2D eigenvalue weighted by molar-refractivity contribution is 1.17. The summed E-state index contributed by atoms with van der Waals surface area (Å²) in [5, 5.41) is 9.77. The van der Waals surface area contributed by atoms with Crippen LogP contribution < -0.4 is 0 Å². The van der Waals surface area contributed by atoms with Crippen molar-refractivity contribution in [1.82, 2.24) is 19.1 Å².